The number of hydrogen-bond acceptors (Lipinski definition) is 3. The van der Waals surface area contributed by atoms with Gasteiger partial charge < -0.3 is 15.2 Å². The van der Waals surface area contributed by atoms with E-state index in [9.17, 15) is 4.79 Å². The SMILES string of the molecule is CCc1ccc(N[C@@H]2NC(=O)/C(=C/c3cc(C)n(-c4ccc(CC)cc4)c3C)S2)cc1. The zero-order valence-electron chi connectivity index (χ0n) is 18.5. The van der Waals surface area contributed by atoms with Crippen molar-refractivity contribution in [1.82, 2.24) is 9.88 Å². The van der Waals surface area contributed by atoms with Gasteiger partial charge in [-0.25, -0.2) is 0 Å². The molecule has 4 nitrogen and oxygen atoms in total. The molecule has 1 aliphatic heterocycles. The molecule has 1 atom stereocenters. The minimum absolute atomic E-state index is 0.0372. The van der Waals surface area contributed by atoms with Crippen molar-refractivity contribution in [3.8, 4) is 5.69 Å². The third-order valence-electron chi connectivity index (χ3n) is 5.75. The molecule has 1 aliphatic rings. The van der Waals surface area contributed by atoms with Crippen LogP contribution in [0.15, 0.2) is 59.5 Å². The highest BCUT2D eigenvalue weighted by Gasteiger charge is 2.27. The van der Waals surface area contributed by atoms with Crippen molar-refractivity contribution in [3.05, 3.63) is 87.6 Å². The Hall–Kier alpha value is -2.92. The summed E-state index contributed by atoms with van der Waals surface area (Å²) in [6.07, 6.45) is 4.05. The van der Waals surface area contributed by atoms with Gasteiger partial charge in [-0.2, -0.15) is 0 Å². The maximum atomic E-state index is 12.6. The second-order valence-electron chi connectivity index (χ2n) is 7.86. The van der Waals surface area contributed by atoms with Crippen molar-refractivity contribution in [1.29, 1.82) is 0 Å². The fourth-order valence-corrected chi connectivity index (χ4v) is 4.88. The van der Waals surface area contributed by atoms with E-state index >= 15 is 0 Å². The van der Waals surface area contributed by atoms with Crippen molar-refractivity contribution < 1.29 is 4.79 Å². The number of hydrogen-bond donors (Lipinski definition) is 2. The monoisotopic (exact) mass is 431 g/mol. The van der Waals surface area contributed by atoms with E-state index in [-0.39, 0.29) is 11.4 Å². The summed E-state index contributed by atoms with van der Waals surface area (Å²) in [6, 6.07) is 19.2. The molecule has 31 heavy (non-hydrogen) atoms. The highest BCUT2D eigenvalue weighted by Crippen LogP contribution is 2.32. The van der Waals surface area contributed by atoms with Gasteiger partial charge >= 0.3 is 0 Å². The largest absolute Gasteiger partial charge is 0.357 e. The topological polar surface area (TPSA) is 46.1 Å². The molecule has 0 unspecified atom stereocenters. The molecule has 160 valence electrons. The van der Waals surface area contributed by atoms with Crippen molar-refractivity contribution in [2.75, 3.05) is 5.32 Å². The number of nitrogens with one attached hydrogen (secondary N) is 2. The predicted molar refractivity (Wildman–Crippen MR) is 132 cm³/mol. The molecule has 0 aliphatic carbocycles. The highest BCUT2D eigenvalue weighted by molar-refractivity contribution is 8.05. The number of benzene rings is 2. The summed E-state index contributed by atoms with van der Waals surface area (Å²) in [6.45, 7) is 8.52. The maximum absolute atomic E-state index is 12.6. The summed E-state index contributed by atoms with van der Waals surface area (Å²) in [5.41, 5.74) is 7.97. The Kier molecular flexibility index (Phi) is 6.23. The molecule has 2 heterocycles. The zero-order chi connectivity index (χ0) is 22.0. The number of anilines is 1. The molecule has 1 fully saturated rings. The van der Waals surface area contributed by atoms with E-state index in [1.165, 1.54) is 22.9 Å². The number of rotatable bonds is 6. The molecule has 1 saturated heterocycles. The molecular formula is C26H29N3OS. The summed E-state index contributed by atoms with van der Waals surface area (Å²) in [5.74, 6) is -0.0372. The van der Waals surface area contributed by atoms with Crippen LogP contribution in [0.1, 0.15) is 41.9 Å². The van der Waals surface area contributed by atoms with Crippen molar-refractivity contribution in [3.63, 3.8) is 0 Å². The lowest BCUT2D eigenvalue weighted by Crippen LogP contribution is -2.30. The van der Waals surface area contributed by atoms with Crippen LogP contribution in [-0.4, -0.2) is 16.0 Å². The van der Waals surface area contributed by atoms with Crippen LogP contribution < -0.4 is 10.6 Å². The lowest BCUT2D eigenvalue weighted by Gasteiger charge is -2.12. The lowest BCUT2D eigenvalue weighted by molar-refractivity contribution is -0.116. The van der Waals surface area contributed by atoms with Crippen LogP contribution in [0.4, 0.5) is 5.69 Å². The smallest absolute Gasteiger partial charge is 0.260 e. The third-order valence-corrected chi connectivity index (χ3v) is 6.78. The van der Waals surface area contributed by atoms with Gasteiger partial charge in [-0.3, -0.25) is 4.79 Å². The van der Waals surface area contributed by atoms with Crippen molar-refractivity contribution in [2.45, 2.75) is 46.0 Å². The average Bonchev–Trinajstić information content (AvgIpc) is 3.26. The number of aromatic nitrogens is 1. The molecule has 0 radical (unpaired) electrons. The first-order valence-corrected chi connectivity index (χ1v) is 11.7. The van der Waals surface area contributed by atoms with Gasteiger partial charge in [-0.1, -0.05) is 49.9 Å². The summed E-state index contributed by atoms with van der Waals surface area (Å²) in [4.78, 5) is 13.3. The minimum Gasteiger partial charge on any atom is -0.357 e. The van der Waals surface area contributed by atoms with Crippen LogP contribution in [0.25, 0.3) is 11.8 Å². The summed E-state index contributed by atoms with van der Waals surface area (Å²) < 4.78 is 2.24. The molecule has 3 aromatic rings. The van der Waals surface area contributed by atoms with Gasteiger partial charge in [0.05, 0.1) is 4.91 Å². The zero-order valence-corrected chi connectivity index (χ0v) is 19.3. The Morgan fingerprint density at radius 1 is 1.00 bits per heavy atom. The first-order valence-electron chi connectivity index (χ1n) is 10.8. The molecular weight excluding hydrogens is 402 g/mol. The third kappa shape index (κ3) is 4.57. The second kappa shape index (κ2) is 9.06. The average molecular weight is 432 g/mol. The van der Waals surface area contributed by atoms with E-state index in [0.29, 0.717) is 0 Å². The van der Waals surface area contributed by atoms with Crippen molar-refractivity contribution >= 4 is 29.4 Å². The summed E-state index contributed by atoms with van der Waals surface area (Å²) in [5, 5.41) is 6.42. The van der Waals surface area contributed by atoms with E-state index in [1.807, 2.05) is 6.08 Å². The van der Waals surface area contributed by atoms with Gasteiger partial charge in [0.2, 0.25) is 0 Å². The Bertz CT molecular complexity index is 1110. The standard InChI is InChI=1S/C26H29N3OS/c1-5-19-7-11-22(12-8-19)27-26-28-25(30)24(31-26)16-21-15-17(3)29(18(21)4)23-13-9-20(6-2)10-14-23/h7-16,26-27H,5-6H2,1-4H3,(H,28,30)/b24-16-/t26-/m1/s1. The van der Waals surface area contributed by atoms with Gasteiger partial charge in [0.15, 0.2) is 5.50 Å². The number of amides is 1. The van der Waals surface area contributed by atoms with E-state index in [2.05, 4.69) is 97.5 Å². The Labute approximate surface area is 188 Å². The number of carbonyl (C=O) groups is 1. The van der Waals surface area contributed by atoms with E-state index in [4.69, 9.17) is 0 Å². The quantitative estimate of drug-likeness (QED) is 0.484. The molecule has 2 N–H and O–H groups in total. The van der Waals surface area contributed by atoms with Gasteiger partial charge in [0.25, 0.3) is 5.91 Å². The van der Waals surface area contributed by atoms with Crippen molar-refractivity contribution in [2.24, 2.45) is 0 Å². The van der Waals surface area contributed by atoms with Gasteiger partial charge in [-0.15, -0.1) is 0 Å². The molecule has 1 aromatic heterocycles. The summed E-state index contributed by atoms with van der Waals surface area (Å²) in [7, 11) is 0. The molecule has 5 heteroatoms. The lowest BCUT2D eigenvalue weighted by atomic mass is 10.1. The maximum Gasteiger partial charge on any atom is 0.260 e. The summed E-state index contributed by atoms with van der Waals surface area (Å²) >= 11 is 1.52. The molecule has 4 rings (SSSR count). The number of aryl methyl sites for hydroxylation is 3. The van der Waals surface area contributed by atoms with Gasteiger partial charge in [-0.05, 0) is 79.8 Å². The number of carbonyl (C=O) groups excluding carboxylic acids is 1. The van der Waals surface area contributed by atoms with Crippen LogP contribution in [0.2, 0.25) is 0 Å². The van der Waals surface area contributed by atoms with Gasteiger partial charge in [0.1, 0.15) is 0 Å². The van der Waals surface area contributed by atoms with Crippen LogP contribution in [0.3, 0.4) is 0 Å². The molecule has 1 amide bonds. The Morgan fingerprint density at radius 3 is 2.23 bits per heavy atom. The molecule has 0 bridgehead atoms. The first-order chi connectivity index (χ1) is 15.0. The first kappa shape index (κ1) is 21.3. The molecule has 0 saturated carbocycles. The normalized spacial score (nSPS) is 17.2. The Morgan fingerprint density at radius 2 is 1.61 bits per heavy atom. The fourth-order valence-electron chi connectivity index (χ4n) is 3.91. The predicted octanol–water partition coefficient (Wildman–Crippen LogP) is 5.82. The fraction of sp³-hybridized carbons (Fsp3) is 0.269. The van der Waals surface area contributed by atoms with E-state index in [1.54, 1.807) is 0 Å². The minimum atomic E-state index is -0.170. The van der Waals surface area contributed by atoms with Gasteiger partial charge in [0, 0.05) is 22.8 Å². The van der Waals surface area contributed by atoms with E-state index in [0.717, 1.165) is 46.1 Å². The van der Waals surface area contributed by atoms with Crippen LogP contribution >= 0.6 is 11.8 Å². The molecule has 2 aromatic carbocycles. The van der Waals surface area contributed by atoms with Crippen LogP contribution in [0, 0.1) is 13.8 Å². The number of nitrogens with zero attached hydrogens (tertiary/aromatic N) is 1. The van der Waals surface area contributed by atoms with Crippen LogP contribution in [0.5, 0.6) is 0 Å². The van der Waals surface area contributed by atoms with Crippen LogP contribution in [-0.2, 0) is 17.6 Å². The number of thioether (sulfide) groups is 1. The highest BCUT2D eigenvalue weighted by atomic mass is 32.2. The molecule has 0 spiro atoms. The van der Waals surface area contributed by atoms with E-state index < -0.39 is 0 Å². The second-order valence-corrected chi connectivity index (χ2v) is 9.00. The Balaban J connectivity index is 1.53.